The second-order valence-corrected chi connectivity index (χ2v) is 4.45. The topological polar surface area (TPSA) is 12.0 Å². The Morgan fingerprint density at radius 2 is 1.71 bits per heavy atom. The zero-order valence-electron chi connectivity index (χ0n) is 8.88. The molecule has 17 heavy (non-hydrogen) atoms. The predicted octanol–water partition coefficient (Wildman–Crippen LogP) is 4.74. The number of rotatable bonds is 3. The average molecular weight is 270 g/mol. The summed E-state index contributed by atoms with van der Waals surface area (Å²) in [5.41, 5.74) is 1.77. The number of anilines is 1. The minimum atomic E-state index is -0.423. The first-order valence-corrected chi connectivity index (χ1v) is 5.84. The Labute approximate surface area is 109 Å². The van der Waals surface area contributed by atoms with E-state index in [2.05, 4.69) is 5.32 Å². The van der Waals surface area contributed by atoms with Gasteiger partial charge in [0.2, 0.25) is 0 Å². The number of nitrogens with one attached hydrogen (secondary N) is 1. The monoisotopic (exact) mass is 269 g/mol. The molecule has 0 radical (unpaired) electrons. The molecule has 0 aromatic heterocycles. The molecule has 2 aromatic rings. The fourth-order valence-corrected chi connectivity index (χ4v) is 1.66. The maximum Gasteiger partial charge on any atom is 0.143 e. The third-order valence-corrected chi connectivity index (χ3v) is 2.89. The summed E-state index contributed by atoms with van der Waals surface area (Å²) in [4.78, 5) is 0. The molecule has 0 spiro atoms. The van der Waals surface area contributed by atoms with E-state index in [0.29, 0.717) is 17.3 Å². The third-order valence-electron chi connectivity index (χ3n) is 2.33. The van der Waals surface area contributed by atoms with E-state index in [1.165, 1.54) is 12.1 Å². The molecule has 0 atom stereocenters. The van der Waals surface area contributed by atoms with E-state index >= 15 is 0 Å². The van der Waals surface area contributed by atoms with Crippen molar-refractivity contribution < 1.29 is 4.39 Å². The Kier molecular flexibility index (Phi) is 3.87. The molecule has 0 unspecified atom stereocenters. The quantitative estimate of drug-likeness (QED) is 0.849. The number of hydrogen-bond acceptors (Lipinski definition) is 1. The maximum atomic E-state index is 13.2. The van der Waals surface area contributed by atoms with Crippen LogP contribution in [0.15, 0.2) is 42.5 Å². The van der Waals surface area contributed by atoms with E-state index in [1.54, 1.807) is 6.07 Å². The molecule has 2 rings (SSSR count). The zero-order valence-corrected chi connectivity index (χ0v) is 10.4. The Morgan fingerprint density at radius 1 is 1.00 bits per heavy atom. The van der Waals surface area contributed by atoms with Crippen LogP contribution in [0.5, 0.6) is 0 Å². The van der Waals surface area contributed by atoms with Gasteiger partial charge in [0.1, 0.15) is 5.82 Å². The molecule has 88 valence electrons. The first kappa shape index (κ1) is 12.2. The van der Waals surface area contributed by atoms with Crippen LogP contribution in [0.1, 0.15) is 5.56 Å². The molecular weight excluding hydrogens is 260 g/mol. The number of hydrogen-bond donors (Lipinski definition) is 1. The Morgan fingerprint density at radius 3 is 2.35 bits per heavy atom. The van der Waals surface area contributed by atoms with Gasteiger partial charge in [-0.2, -0.15) is 0 Å². The van der Waals surface area contributed by atoms with Crippen molar-refractivity contribution in [2.45, 2.75) is 6.54 Å². The number of benzene rings is 2. The van der Waals surface area contributed by atoms with E-state index < -0.39 is 5.82 Å². The Balaban J connectivity index is 2.02. The largest absolute Gasteiger partial charge is 0.381 e. The standard InChI is InChI=1S/C13H10Cl2FN/c14-10-3-1-9(2-4-10)8-17-11-5-6-12(15)13(16)7-11/h1-7,17H,8H2. The molecule has 0 bridgehead atoms. The summed E-state index contributed by atoms with van der Waals surface area (Å²) in [5.74, 6) is -0.423. The van der Waals surface area contributed by atoms with Crippen LogP contribution >= 0.6 is 23.2 Å². The molecule has 0 aliphatic carbocycles. The Hall–Kier alpha value is -1.25. The van der Waals surface area contributed by atoms with E-state index in [0.717, 1.165) is 5.56 Å². The fourth-order valence-electron chi connectivity index (χ4n) is 1.41. The molecule has 1 nitrogen and oxygen atoms in total. The van der Waals surface area contributed by atoms with Gasteiger partial charge in [-0.15, -0.1) is 0 Å². The van der Waals surface area contributed by atoms with Crippen molar-refractivity contribution in [1.82, 2.24) is 0 Å². The van der Waals surface area contributed by atoms with Gasteiger partial charge < -0.3 is 5.32 Å². The van der Waals surface area contributed by atoms with Crippen molar-refractivity contribution in [3.63, 3.8) is 0 Å². The summed E-state index contributed by atoms with van der Waals surface area (Å²) >= 11 is 11.4. The summed E-state index contributed by atoms with van der Waals surface area (Å²) in [6.45, 7) is 0.609. The minimum Gasteiger partial charge on any atom is -0.381 e. The highest BCUT2D eigenvalue weighted by Gasteiger charge is 2.00. The third kappa shape index (κ3) is 3.35. The van der Waals surface area contributed by atoms with Crippen molar-refractivity contribution in [2.75, 3.05) is 5.32 Å². The second kappa shape index (κ2) is 5.39. The van der Waals surface area contributed by atoms with Crippen LogP contribution < -0.4 is 5.32 Å². The molecule has 2 aromatic carbocycles. The van der Waals surface area contributed by atoms with Gasteiger partial charge in [-0.1, -0.05) is 35.3 Å². The van der Waals surface area contributed by atoms with E-state index in [4.69, 9.17) is 23.2 Å². The molecule has 0 heterocycles. The van der Waals surface area contributed by atoms with Gasteiger partial charge in [0.15, 0.2) is 0 Å². The van der Waals surface area contributed by atoms with Crippen LogP contribution in [-0.4, -0.2) is 0 Å². The van der Waals surface area contributed by atoms with Crippen molar-refractivity contribution in [1.29, 1.82) is 0 Å². The van der Waals surface area contributed by atoms with Gasteiger partial charge in [-0.25, -0.2) is 4.39 Å². The van der Waals surface area contributed by atoms with Crippen molar-refractivity contribution in [3.8, 4) is 0 Å². The fraction of sp³-hybridized carbons (Fsp3) is 0.0769. The van der Waals surface area contributed by atoms with Gasteiger partial charge in [0.05, 0.1) is 5.02 Å². The summed E-state index contributed by atoms with van der Waals surface area (Å²) in [6, 6.07) is 12.1. The molecule has 0 fully saturated rings. The van der Waals surface area contributed by atoms with Gasteiger partial charge in [-0.05, 0) is 35.9 Å². The number of halogens is 3. The van der Waals surface area contributed by atoms with E-state index in [-0.39, 0.29) is 5.02 Å². The second-order valence-electron chi connectivity index (χ2n) is 3.61. The van der Waals surface area contributed by atoms with Gasteiger partial charge >= 0.3 is 0 Å². The lowest BCUT2D eigenvalue weighted by molar-refractivity contribution is 0.628. The summed E-state index contributed by atoms with van der Waals surface area (Å²) in [7, 11) is 0. The van der Waals surface area contributed by atoms with Crippen LogP contribution in [0.25, 0.3) is 0 Å². The lowest BCUT2D eigenvalue weighted by Crippen LogP contribution is -1.99. The smallest absolute Gasteiger partial charge is 0.143 e. The molecule has 0 saturated heterocycles. The van der Waals surface area contributed by atoms with Crippen molar-refractivity contribution in [2.24, 2.45) is 0 Å². The zero-order chi connectivity index (χ0) is 12.3. The first-order valence-electron chi connectivity index (χ1n) is 5.08. The maximum absolute atomic E-state index is 13.2. The molecule has 0 saturated carbocycles. The molecule has 0 aliphatic heterocycles. The lowest BCUT2D eigenvalue weighted by atomic mass is 10.2. The van der Waals surface area contributed by atoms with Crippen LogP contribution in [0, 0.1) is 5.82 Å². The first-order chi connectivity index (χ1) is 8.15. The van der Waals surface area contributed by atoms with Crippen LogP contribution in [0.3, 0.4) is 0 Å². The van der Waals surface area contributed by atoms with E-state index in [1.807, 2.05) is 24.3 Å². The van der Waals surface area contributed by atoms with Crippen LogP contribution in [0.2, 0.25) is 10.0 Å². The molecule has 0 amide bonds. The highest BCUT2D eigenvalue weighted by atomic mass is 35.5. The average Bonchev–Trinajstić information content (AvgIpc) is 2.33. The SMILES string of the molecule is Fc1cc(NCc2ccc(Cl)cc2)ccc1Cl. The molecule has 4 heteroatoms. The summed E-state index contributed by atoms with van der Waals surface area (Å²) in [6.07, 6.45) is 0. The normalized spacial score (nSPS) is 10.3. The lowest BCUT2D eigenvalue weighted by Gasteiger charge is -2.07. The van der Waals surface area contributed by atoms with Gasteiger partial charge in [0, 0.05) is 17.3 Å². The highest BCUT2D eigenvalue weighted by molar-refractivity contribution is 6.31. The van der Waals surface area contributed by atoms with Crippen molar-refractivity contribution >= 4 is 28.9 Å². The minimum absolute atomic E-state index is 0.127. The molecular formula is C13H10Cl2FN. The van der Waals surface area contributed by atoms with Crippen LogP contribution in [-0.2, 0) is 6.54 Å². The highest BCUT2D eigenvalue weighted by Crippen LogP contribution is 2.19. The van der Waals surface area contributed by atoms with Gasteiger partial charge in [-0.3, -0.25) is 0 Å². The van der Waals surface area contributed by atoms with E-state index in [9.17, 15) is 4.39 Å². The summed E-state index contributed by atoms with van der Waals surface area (Å²) < 4.78 is 13.2. The predicted molar refractivity (Wildman–Crippen MR) is 70.2 cm³/mol. The Bertz CT molecular complexity index is 511. The summed E-state index contributed by atoms with van der Waals surface area (Å²) in [5, 5.41) is 3.93. The van der Waals surface area contributed by atoms with Crippen LogP contribution in [0.4, 0.5) is 10.1 Å². The molecule has 0 aliphatic rings. The van der Waals surface area contributed by atoms with Crippen molar-refractivity contribution in [3.05, 3.63) is 63.9 Å². The molecule has 1 N–H and O–H groups in total. The van der Waals surface area contributed by atoms with Gasteiger partial charge in [0.25, 0.3) is 0 Å².